The molecule has 3 rings (SSSR count). The van der Waals surface area contributed by atoms with Crippen molar-refractivity contribution in [2.75, 3.05) is 5.73 Å². The highest BCUT2D eigenvalue weighted by atomic mass is 16.1. The molecule has 0 unspecified atom stereocenters. The Hall–Kier alpha value is -3.34. The van der Waals surface area contributed by atoms with Gasteiger partial charge in [0.15, 0.2) is 11.6 Å². The van der Waals surface area contributed by atoms with Crippen LogP contribution in [0.25, 0.3) is 0 Å². The maximum atomic E-state index is 12.4. The number of anilines is 1. The Labute approximate surface area is 132 Å². The standard InChI is InChI=1S/C18H13N3O2/c19-16-11-14(17(22)12-3-7-20-8-4-12)1-2-15(16)18(23)13-5-9-21-10-6-13/h1-11H,19H2. The van der Waals surface area contributed by atoms with E-state index in [-0.39, 0.29) is 17.3 Å². The van der Waals surface area contributed by atoms with E-state index in [4.69, 9.17) is 5.73 Å². The second-order valence-corrected chi connectivity index (χ2v) is 4.93. The molecule has 0 aliphatic carbocycles. The lowest BCUT2D eigenvalue weighted by Gasteiger charge is -2.07. The van der Waals surface area contributed by atoms with Crippen LogP contribution in [0.15, 0.2) is 67.3 Å². The minimum atomic E-state index is -0.201. The smallest absolute Gasteiger partial charge is 0.195 e. The lowest BCUT2D eigenvalue weighted by atomic mass is 9.98. The molecule has 0 saturated heterocycles. The minimum absolute atomic E-state index is 0.165. The van der Waals surface area contributed by atoms with E-state index >= 15 is 0 Å². The van der Waals surface area contributed by atoms with E-state index in [1.165, 1.54) is 6.07 Å². The highest BCUT2D eigenvalue weighted by molar-refractivity contribution is 6.14. The minimum Gasteiger partial charge on any atom is -0.398 e. The number of carbonyl (C=O) groups excluding carboxylic acids is 2. The van der Waals surface area contributed by atoms with Crippen LogP contribution in [-0.4, -0.2) is 21.5 Å². The summed E-state index contributed by atoms with van der Waals surface area (Å²) in [5, 5.41) is 0. The quantitative estimate of drug-likeness (QED) is 0.591. The number of nitrogens with two attached hydrogens (primary N) is 1. The summed E-state index contributed by atoms with van der Waals surface area (Å²) in [7, 11) is 0. The van der Waals surface area contributed by atoms with Crippen molar-refractivity contribution in [3.05, 3.63) is 89.5 Å². The van der Waals surface area contributed by atoms with Gasteiger partial charge in [-0.05, 0) is 36.4 Å². The summed E-state index contributed by atoms with van der Waals surface area (Å²) in [5.74, 6) is -0.366. The van der Waals surface area contributed by atoms with Crippen molar-refractivity contribution in [2.24, 2.45) is 0 Å². The van der Waals surface area contributed by atoms with Crippen molar-refractivity contribution in [3.63, 3.8) is 0 Å². The number of benzene rings is 1. The van der Waals surface area contributed by atoms with Crippen LogP contribution >= 0.6 is 0 Å². The molecule has 0 bridgehead atoms. The number of hydrogen-bond donors (Lipinski definition) is 1. The Bertz CT molecular complexity index is 862. The largest absolute Gasteiger partial charge is 0.398 e. The molecular formula is C18H13N3O2. The van der Waals surface area contributed by atoms with E-state index in [9.17, 15) is 9.59 Å². The molecule has 23 heavy (non-hydrogen) atoms. The van der Waals surface area contributed by atoms with Gasteiger partial charge in [0.05, 0.1) is 0 Å². The SMILES string of the molecule is Nc1cc(C(=O)c2ccncc2)ccc1C(=O)c1ccncc1. The zero-order chi connectivity index (χ0) is 16.2. The summed E-state index contributed by atoms with van der Waals surface area (Å²) in [4.78, 5) is 32.6. The van der Waals surface area contributed by atoms with Crippen molar-refractivity contribution >= 4 is 17.3 Å². The van der Waals surface area contributed by atoms with Gasteiger partial charge in [-0.25, -0.2) is 0 Å². The average molecular weight is 303 g/mol. The number of aromatic nitrogens is 2. The molecule has 0 aliphatic rings. The molecular weight excluding hydrogens is 290 g/mol. The summed E-state index contributed by atoms with van der Waals surface area (Å²) in [6.07, 6.45) is 6.20. The van der Waals surface area contributed by atoms with Crippen molar-refractivity contribution in [3.8, 4) is 0 Å². The molecule has 5 heteroatoms. The van der Waals surface area contributed by atoms with Gasteiger partial charge >= 0.3 is 0 Å². The van der Waals surface area contributed by atoms with Crippen molar-refractivity contribution in [1.82, 2.24) is 9.97 Å². The molecule has 2 aromatic heterocycles. The van der Waals surface area contributed by atoms with E-state index in [0.717, 1.165) is 0 Å². The summed E-state index contributed by atoms with van der Waals surface area (Å²) in [6, 6.07) is 11.2. The Morgan fingerprint density at radius 2 is 1.22 bits per heavy atom. The maximum Gasteiger partial charge on any atom is 0.195 e. The Kier molecular flexibility index (Phi) is 3.93. The van der Waals surface area contributed by atoms with Gasteiger partial charge in [0.2, 0.25) is 0 Å². The Morgan fingerprint density at radius 3 is 1.74 bits per heavy atom. The third kappa shape index (κ3) is 2.98. The summed E-state index contributed by atoms with van der Waals surface area (Å²) in [5.41, 5.74) is 8.06. The third-order valence-corrected chi connectivity index (χ3v) is 3.44. The molecule has 2 heterocycles. The Balaban J connectivity index is 1.93. The molecule has 0 radical (unpaired) electrons. The number of ketones is 2. The molecule has 0 fully saturated rings. The zero-order valence-corrected chi connectivity index (χ0v) is 12.1. The van der Waals surface area contributed by atoms with Gasteiger partial charge in [0, 0.05) is 52.7 Å². The molecule has 0 amide bonds. The highest BCUT2D eigenvalue weighted by Crippen LogP contribution is 2.20. The first-order valence-electron chi connectivity index (χ1n) is 6.96. The van der Waals surface area contributed by atoms with E-state index in [1.54, 1.807) is 61.2 Å². The van der Waals surface area contributed by atoms with Crippen LogP contribution in [0.2, 0.25) is 0 Å². The van der Waals surface area contributed by atoms with Gasteiger partial charge < -0.3 is 5.73 Å². The second kappa shape index (κ2) is 6.19. The number of carbonyl (C=O) groups is 2. The van der Waals surface area contributed by atoms with Gasteiger partial charge in [0.1, 0.15) is 0 Å². The van der Waals surface area contributed by atoms with E-state index in [1.807, 2.05) is 0 Å². The Morgan fingerprint density at radius 1 is 0.696 bits per heavy atom. The van der Waals surface area contributed by atoms with Crippen molar-refractivity contribution in [1.29, 1.82) is 0 Å². The zero-order valence-electron chi connectivity index (χ0n) is 12.1. The summed E-state index contributed by atoms with van der Waals surface area (Å²) in [6.45, 7) is 0. The van der Waals surface area contributed by atoms with E-state index in [0.29, 0.717) is 22.3 Å². The molecule has 1 aromatic carbocycles. The van der Waals surface area contributed by atoms with Crippen LogP contribution in [0, 0.1) is 0 Å². The first-order chi connectivity index (χ1) is 11.2. The predicted molar refractivity (Wildman–Crippen MR) is 86.2 cm³/mol. The van der Waals surface area contributed by atoms with Gasteiger partial charge in [0.25, 0.3) is 0 Å². The maximum absolute atomic E-state index is 12.4. The molecule has 2 N–H and O–H groups in total. The highest BCUT2D eigenvalue weighted by Gasteiger charge is 2.15. The fourth-order valence-corrected chi connectivity index (χ4v) is 2.24. The molecule has 0 spiro atoms. The lowest BCUT2D eigenvalue weighted by Crippen LogP contribution is -2.08. The fraction of sp³-hybridized carbons (Fsp3) is 0. The number of pyridine rings is 2. The number of nitrogens with zero attached hydrogens (tertiary/aromatic N) is 2. The number of nitrogen functional groups attached to an aromatic ring is 1. The predicted octanol–water partition coefficient (Wildman–Crippen LogP) is 2.52. The van der Waals surface area contributed by atoms with E-state index < -0.39 is 0 Å². The van der Waals surface area contributed by atoms with Crippen LogP contribution in [-0.2, 0) is 0 Å². The van der Waals surface area contributed by atoms with Gasteiger partial charge in [-0.3, -0.25) is 19.6 Å². The van der Waals surface area contributed by atoms with Crippen molar-refractivity contribution in [2.45, 2.75) is 0 Å². The summed E-state index contributed by atoms with van der Waals surface area (Å²) >= 11 is 0. The summed E-state index contributed by atoms with van der Waals surface area (Å²) < 4.78 is 0. The normalized spacial score (nSPS) is 10.3. The van der Waals surface area contributed by atoms with Gasteiger partial charge in [-0.15, -0.1) is 0 Å². The first-order valence-corrected chi connectivity index (χ1v) is 6.96. The molecule has 0 atom stereocenters. The number of rotatable bonds is 4. The molecule has 112 valence electrons. The van der Waals surface area contributed by atoms with E-state index in [2.05, 4.69) is 9.97 Å². The fourth-order valence-electron chi connectivity index (χ4n) is 2.24. The van der Waals surface area contributed by atoms with Crippen LogP contribution in [0.3, 0.4) is 0 Å². The number of hydrogen-bond acceptors (Lipinski definition) is 5. The second-order valence-electron chi connectivity index (χ2n) is 4.93. The monoisotopic (exact) mass is 303 g/mol. The van der Waals surface area contributed by atoms with Crippen molar-refractivity contribution < 1.29 is 9.59 Å². The van der Waals surface area contributed by atoms with Gasteiger partial charge in [-0.1, -0.05) is 6.07 Å². The molecule has 0 aliphatic heterocycles. The third-order valence-electron chi connectivity index (χ3n) is 3.44. The molecule has 5 nitrogen and oxygen atoms in total. The van der Waals surface area contributed by atoms with Crippen LogP contribution in [0.1, 0.15) is 31.8 Å². The van der Waals surface area contributed by atoms with Gasteiger partial charge in [-0.2, -0.15) is 0 Å². The lowest BCUT2D eigenvalue weighted by molar-refractivity contribution is 0.102. The van der Waals surface area contributed by atoms with Crippen LogP contribution < -0.4 is 5.73 Å². The molecule has 3 aromatic rings. The van der Waals surface area contributed by atoms with Crippen LogP contribution in [0.4, 0.5) is 5.69 Å². The average Bonchev–Trinajstić information content (AvgIpc) is 2.62. The molecule has 0 saturated carbocycles. The first kappa shape index (κ1) is 14.6. The van der Waals surface area contributed by atoms with Crippen LogP contribution in [0.5, 0.6) is 0 Å². The topological polar surface area (TPSA) is 85.9 Å².